The first-order valence-corrected chi connectivity index (χ1v) is 7.42. The van der Waals surface area contributed by atoms with Gasteiger partial charge in [-0.2, -0.15) is 0 Å². The summed E-state index contributed by atoms with van der Waals surface area (Å²) >= 11 is 12.4. The van der Waals surface area contributed by atoms with E-state index in [-0.39, 0.29) is 0 Å². The predicted octanol–water partition coefficient (Wildman–Crippen LogP) is 4.00. The molecule has 1 aliphatic rings. The zero-order valence-electron chi connectivity index (χ0n) is 11.5. The van der Waals surface area contributed by atoms with E-state index in [1.807, 2.05) is 6.92 Å². The number of benzene rings is 1. The lowest BCUT2D eigenvalue weighted by molar-refractivity contribution is 0.920. The minimum Gasteiger partial charge on any atom is -0.337 e. The molecular formula is C14H15Cl2N5. The van der Waals surface area contributed by atoms with E-state index in [9.17, 15) is 0 Å². The van der Waals surface area contributed by atoms with Crippen LogP contribution in [0.2, 0.25) is 10.0 Å². The number of nitrogens with one attached hydrogen (secondary N) is 2. The zero-order valence-corrected chi connectivity index (χ0v) is 13.0. The summed E-state index contributed by atoms with van der Waals surface area (Å²) in [6.45, 7) is 1.89. The number of halogens is 2. The highest BCUT2D eigenvalue weighted by Gasteiger charge is 2.28. The molecule has 0 amide bonds. The van der Waals surface area contributed by atoms with Crippen molar-refractivity contribution in [3.05, 3.63) is 39.6 Å². The van der Waals surface area contributed by atoms with Gasteiger partial charge in [-0.25, -0.2) is 15.8 Å². The fourth-order valence-corrected chi connectivity index (χ4v) is 2.55. The molecule has 0 aliphatic heterocycles. The molecular weight excluding hydrogens is 309 g/mol. The van der Waals surface area contributed by atoms with Gasteiger partial charge in [0.1, 0.15) is 17.5 Å². The first kappa shape index (κ1) is 14.4. The Labute approximate surface area is 132 Å². The lowest BCUT2D eigenvalue weighted by Gasteiger charge is -2.15. The van der Waals surface area contributed by atoms with Crippen molar-refractivity contribution in [1.29, 1.82) is 0 Å². The van der Waals surface area contributed by atoms with Crippen molar-refractivity contribution in [2.75, 3.05) is 10.7 Å². The van der Waals surface area contributed by atoms with Crippen LogP contribution in [0.15, 0.2) is 18.2 Å². The lowest BCUT2D eigenvalue weighted by Crippen LogP contribution is -2.14. The van der Waals surface area contributed by atoms with Crippen LogP contribution in [0.25, 0.3) is 0 Å². The normalized spacial score (nSPS) is 14.1. The quantitative estimate of drug-likeness (QED) is 0.585. The van der Waals surface area contributed by atoms with Crippen molar-refractivity contribution in [2.24, 2.45) is 5.84 Å². The number of rotatable bonds is 4. The van der Waals surface area contributed by atoms with Crippen molar-refractivity contribution in [1.82, 2.24) is 9.97 Å². The molecule has 110 valence electrons. The summed E-state index contributed by atoms with van der Waals surface area (Å²) in [4.78, 5) is 9.03. The summed E-state index contributed by atoms with van der Waals surface area (Å²) in [5.74, 6) is 8.02. The van der Waals surface area contributed by atoms with Gasteiger partial charge in [-0.3, -0.25) is 0 Å². The van der Waals surface area contributed by atoms with Gasteiger partial charge in [-0.1, -0.05) is 29.3 Å². The highest BCUT2D eigenvalue weighted by molar-refractivity contribution is 6.39. The second-order valence-corrected chi connectivity index (χ2v) is 5.86. The molecule has 4 N–H and O–H groups in total. The van der Waals surface area contributed by atoms with E-state index in [1.165, 1.54) is 0 Å². The van der Waals surface area contributed by atoms with E-state index in [0.717, 1.165) is 24.2 Å². The second-order valence-electron chi connectivity index (χ2n) is 5.04. The summed E-state index contributed by atoms with van der Waals surface area (Å²) in [6.07, 6.45) is 2.22. The van der Waals surface area contributed by atoms with Gasteiger partial charge in [0, 0.05) is 11.5 Å². The van der Waals surface area contributed by atoms with Crippen LogP contribution >= 0.6 is 23.2 Å². The zero-order chi connectivity index (χ0) is 15.0. The van der Waals surface area contributed by atoms with Crippen LogP contribution in [0.3, 0.4) is 0 Å². The standard InChI is InChI=1S/C14H15Cl2N5/c1-7-12(18-11-9(15)3-2-4-10(11)16)19-14(8-5-6-8)20-13(7)21-17/h2-4,8H,5-6,17H2,1H3,(H2,18,19,20,21). The van der Waals surface area contributed by atoms with E-state index in [4.69, 9.17) is 29.0 Å². The molecule has 1 heterocycles. The van der Waals surface area contributed by atoms with Gasteiger partial charge in [0.05, 0.1) is 15.7 Å². The van der Waals surface area contributed by atoms with Crippen LogP contribution in [0.1, 0.15) is 30.1 Å². The average Bonchev–Trinajstić information content (AvgIpc) is 3.29. The van der Waals surface area contributed by atoms with E-state index in [1.54, 1.807) is 18.2 Å². The average molecular weight is 324 g/mol. The van der Waals surface area contributed by atoms with E-state index in [2.05, 4.69) is 20.7 Å². The maximum absolute atomic E-state index is 6.19. The third-order valence-electron chi connectivity index (χ3n) is 3.45. The highest BCUT2D eigenvalue weighted by Crippen LogP contribution is 2.40. The van der Waals surface area contributed by atoms with Gasteiger partial charge in [-0.15, -0.1) is 0 Å². The predicted molar refractivity (Wildman–Crippen MR) is 86.3 cm³/mol. The molecule has 0 radical (unpaired) electrons. The Morgan fingerprint density at radius 1 is 1.14 bits per heavy atom. The van der Waals surface area contributed by atoms with Gasteiger partial charge in [0.15, 0.2) is 0 Å². The first-order chi connectivity index (χ1) is 10.1. The number of nitrogen functional groups attached to an aromatic ring is 1. The monoisotopic (exact) mass is 323 g/mol. The molecule has 0 bridgehead atoms. The highest BCUT2D eigenvalue weighted by atomic mass is 35.5. The van der Waals surface area contributed by atoms with E-state index in [0.29, 0.717) is 33.3 Å². The number of hydrogen-bond donors (Lipinski definition) is 3. The number of para-hydroxylation sites is 1. The van der Waals surface area contributed by atoms with Crippen molar-refractivity contribution in [3.63, 3.8) is 0 Å². The lowest BCUT2D eigenvalue weighted by atomic mass is 10.2. The number of anilines is 3. The molecule has 1 aromatic heterocycles. The van der Waals surface area contributed by atoms with E-state index < -0.39 is 0 Å². The maximum Gasteiger partial charge on any atom is 0.148 e. The Morgan fingerprint density at radius 2 is 1.76 bits per heavy atom. The summed E-state index contributed by atoms with van der Waals surface area (Å²) < 4.78 is 0. The minimum atomic E-state index is 0.417. The summed E-state index contributed by atoms with van der Waals surface area (Å²) in [6, 6.07) is 5.34. The molecule has 1 saturated carbocycles. The SMILES string of the molecule is Cc1c(NN)nc(C2CC2)nc1Nc1c(Cl)cccc1Cl. The van der Waals surface area contributed by atoms with Crippen molar-refractivity contribution in [3.8, 4) is 0 Å². The molecule has 5 nitrogen and oxygen atoms in total. The third kappa shape index (κ3) is 2.90. The smallest absolute Gasteiger partial charge is 0.148 e. The van der Waals surface area contributed by atoms with Crippen LogP contribution in [-0.2, 0) is 0 Å². The number of hydrazine groups is 1. The number of nitrogens with zero attached hydrogens (tertiary/aromatic N) is 2. The molecule has 0 atom stereocenters. The molecule has 1 aromatic carbocycles. The molecule has 2 aromatic rings. The van der Waals surface area contributed by atoms with Crippen molar-refractivity contribution < 1.29 is 0 Å². The maximum atomic E-state index is 6.19. The molecule has 0 saturated heterocycles. The topological polar surface area (TPSA) is 75.9 Å². The Morgan fingerprint density at radius 3 is 2.33 bits per heavy atom. The second kappa shape index (κ2) is 5.67. The number of hydrogen-bond acceptors (Lipinski definition) is 5. The number of nitrogens with two attached hydrogens (primary N) is 1. The van der Waals surface area contributed by atoms with Crippen molar-refractivity contribution >= 4 is 40.5 Å². The fourth-order valence-electron chi connectivity index (χ4n) is 2.06. The molecule has 3 rings (SSSR count). The minimum absolute atomic E-state index is 0.417. The summed E-state index contributed by atoms with van der Waals surface area (Å²) in [7, 11) is 0. The molecule has 0 spiro atoms. The Kier molecular flexibility index (Phi) is 3.89. The Bertz CT molecular complexity index is 665. The van der Waals surface area contributed by atoms with Crippen LogP contribution in [0.5, 0.6) is 0 Å². The van der Waals surface area contributed by atoms with Gasteiger partial charge in [0.25, 0.3) is 0 Å². The molecule has 1 aliphatic carbocycles. The van der Waals surface area contributed by atoms with Crippen LogP contribution in [-0.4, -0.2) is 9.97 Å². The Balaban J connectivity index is 2.03. The van der Waals surface area contributed by atoms with Gasteiger partial charge in [0.2, 0.25) is 0 Å². The van der Waals surface area contributed by atoms with Crippen molar-refractivity contribution in [2.45, 2.75) is 25.7 Å². The molecule has 0 unspecified atom stereocenters. The van der Waals surface area contributed by atoms with Crippen LogP contribution in [0.4, 0.5) is 17.3 Å². The first-order valence-electron chi connectivity index (χ1n) is 6.66. The summed E-state index contributed by atoms with van der Waals surface area (Å²) in [5, 5.41) is 4.27. The Hall–Kier alpha value is -1.56. The van der Waals surface area contributed by atoms with Gasteiger partial charge >= 0.3 is 0 Å². The van der Waals surface area contributed by atoms with E-state index >= 15 is 0 Å². The van der Waals surface area contributed by atoms with Crippen LogP contribution in [0, 0.1) is 6.92 Å². The molecule has 21 heavy (non-hydrogen) atoms. The number of aromatic nitrogens is 2. The molecule has 7 heteroatoms. The van der Waals surface area contributed by atoms with Crippen LogP contribution < -0.4 is 16.6 Å². The summed E-state index contributed by atoms with van der Waals surface area (Å²) in [5.41, 5.74) is 4.07. The molecule has 1 fully saturated rings. The third-order valence-corrected chi connectivity index (χ3v) is 4.08. The fraction of sp³-hybridized carbons (Fsp3) is 0.286. The van der Waals surface area contributed by atoms with Gasteiger partial charge < -0.3 is 10.7 Å². The van der Waals surface area contributed by atoms with Gasteiger partial charge in [-0.05, 0) is 31.9 Å². The largest absolute Gasteiger partial charge is 0.337 e.